The number of hydrogen-bond donors (Lipinski definition) is 0. The van der Waals surface area contributed by atoms with E-state index in [1.807, 2.05) is 0 Å². The number of hydrogen-bond acceptors (Lipinski definition) is 10. The van der Waals surface area contributed by atoms with Gasteiger partial charge in [0.05, 0.1) is 30.2 Å². The molecule has 0 amide bonds. The molecule has 11 nitrogen and oxygen atoms in total. The first kappa shape index (κ1) is 25.3. The summed E-state index contributed by atoms with van der Waals surface area (Å²) < 4.78 is 45.3. The van der Waals surface area contributed by atoms with Crippen LogP contribution >= 0.6 is 11.6 Å². The second kappa shape index (κ2) is 10.4. The molecule has 13 heteroatoms. The summed E-state index contributed by atoms with van der Waals surface area (Å²) in [4.78, 5) is 12.6. The normalized spacial score (nSPS) is 15.9. The van der Waals surface area contributed by atoms with Gasteiger partial charge in [-0.25, -0.2) is 8.42 Å². The monoisotopic (exact) mass is 522 g/mol. The molecule has 0 N–H and O–H groups in total. The van der Waals surface area contributed by atoms with Gasteiger partial charge in [0.2, 0.25) is 11.8 Å². The molecule has 3 aromatic heterocycles. The number of ether oxygens (including phenoxy) is 3. The van der Waals surface area contributed by atoms with Gasteiger partial charge in [0, 0.05) is 19.2 Å². The van der Waals surface area contributed by atoms with Crippen molar-refractivity contribution in [1.29, 1.82) is 0 Å². The summed E-state index contributed by atoms with van der Waals surface area (Å²) in [6.07, 6.45) is 4.88. The van der Waals surface area contributed by atoms with Crippen molar-refractivity contribution in [3.8, 4) is 17.4 Å². The smallest absolute Gasteiger partial charge is 0.245 e. The van der Waals surface area contributed by atoms with E-state index >= 15 is 0 Å². The van der Waals surface area contributed by atoms with Gasteiger partial charge in [0.25, 0.3) is 0 Å². The zero-order valence-corrected chi connectivity index (χ0v) is 21.5. The Morgan fingerprint density at radius 1 is 1.09 bits per heavy atom. The molecule has 2 atom stereocenters. The number of pyridine rings is 1. The minimum absolute atomic E-state index is 0.135. The minimum Gasteiger partial charge on any atom is -0.479 e. The fourth-order valence-electron chi connectivity index (χ4n) is 4.04. The molecule has 1 saturated carbocycles. The molecule has 0 unspecified atom stereocenters. The van der Waals surface area contributed by atoms with Crippen LogP contribution in [0.4, 0.5) is 0 Å². The van der Waals surface area contributed by atoms with Crippen molar-refractivity contribution in [2.75, 3.05) is 21.3 Å². The second-order valence-electron chi connectivity index (χ2n) is 8.25. The summed E-state index contributed by atoms with van der Waals surface area (Å²) in [7, 11) is 0.592. The lowest BCUT2D eigenvalue weighted by atomic mass is 9.85. The number of nitrogens with zero attached hydrogens (tertiary/aromatic N) is 6. The topological polar surface area (TPSA) is 131 Å². The maximum Gasteiger partial charge on any atom is 0.245 e. The van der Waals surface area contributed by atoms with Crippen LogP contribution in [0.1, 0.15) is 55.6 Å². The summed E-state index contributed by atoms with van der Waals surface area (Å²) in [6.45, 7) is 1.58. The van der Waals surface area contributed by atoms with Gasteiger partial charge >= 0.3 is 0 Å². The van der Waals surface area contributed by atoms with E-state index in [1.165, 1.54) is 33.9 Å². The van der Waals surface area contributed by atoms with Crippen LogP contribution in [0.15, 0.2) is 24.7 Å². The SMILES string of the molecule is COc1ncnc(OC)c1-n1c(CS(=O)(=O)[C@H](C)[C@@H](OC)c2ccc(Cl)cn2)nnc1C1CCC1. The van der Waals surface area contributed by atoms with Crippen molar-refractivity contribution in [2.24, 2.45) is 0 Å². The van der Waals surface area contributed by atoms with E-state index in [9.17, 15) is 8.42 Å². The molecule has 3 heterocycles. The van der Waals surface area contributed by atoms with Gasteiger partial charge in [-0.15, -0.1) is 10.2 Å². The van der Waals surface area contributed by atoms with Crippen LogP contribution < -0.4 is 9.47 Å². The number of rotatable bonds is 10. The zero-order valence-electron chi connectivity index (χ0n) is 19.9. The van der Waals surface area contributed by atoms with Crippen LogP contribution in [-0.4, -0.2) is 64.7 Å². The largest absolute Gasteiger partial charge is 0.479 e. The number of halogens is 1. The van der Waals surface area contributed by atoms with Gasteiger partial charge in [0.1, 0.15) is 24.0 Å². The predicted octanol–water partition coefficient (Wildman–Crippen LogP) is 3.08. The van der Waals surface area contributed by atoms with Gasteiger partial charge in [0.15, 0.2) is 21.3 Å². The Bertz CT molecular complexity index is 1260. The Kier molecular flexibility index (Phi) is 7.53. The van der Waals surface area contributed by atoms with Gasteiger partial charge in [-0.2, -0.15) is 9.97 Å². The summed E-state index contributed by atoms with van der Waals surface area (Å²) >= 11 is 5.94. The molecule has 0 radical (unpaired) electrons. The van der Waals surface area contributed by atoms with Crippen LogP contribution in [-0.2, 0) is 20.3 Å². The highest BCUT2D eigenvalue weighted by molar-refractivity contribution is 7.91. The van der Waals surface area contributed by atoms with Crippen molar-refractivity contribution >= 4 is 21.4 Å². The minimum atomic E-state index is -3.80. The first-order chi connectivity index (χ1) is 16.8. The van der Waals surface area contributed by atoms with Gasteiger partial charge < -0.3 is 14.2 Å². The second-order valence-corrected chi connectivity index (χ2v) is 11.0. The van der Waals surface area contributed by atoms with Crippen LogP contribution in [0, 0.1) is 0 Å². The molecule has 0 saturated heterocycles. The lowest BCUT2D eigenvalue weighted by Gasteiger charge is -2.26. The lowest BCUT2D eigenvalue weighted by Crippen LogP contribution is -2.29. The van der Waals surface area contributed by atoms with E-state index in [0.717, 1.165) is 19.3 Å². The Morgan fingerprint density at radius 2 is 1.77 bits per heavy atom. The molecular formula is C22H27ClN6O5S. The van der Waals surface area contributed by atoms with Gasteiger partial charge in [-0.1, -0.05) is 18.0 Å². The molecule has 0 aliphatic heterocycles. The molecule has 188 valence electrons. The van der Waals surface area contributed by atoms with Gasteiger partial charge in [-0.3, -0.25) is 9.55 Å². The third kappa shape index (κ3) is 4.95. The number of sulfone groups is 1. The Morgan fingerprint density at radius 3 is 2.29 bits per heavy atom. The summed E-state index contributed by atoms with van der Waals surface area (Å²) in [5.41, 5.74) is 0.828. The predicted molar refractivity (Wildman–Crippen MR) is 128 cm³/mol. The van der Waals surface area contributed by atoms with E-state index in [4.69, 9.17) is 25.8 Å². The first-order valence-electron chi connectivity index (χ1n) is 11.0. The highest BCUT2D eigenvalue weighted by atomic mass is 35.5. The molecule has 35 heavy (non-hydrogen) atoms. The Balaban J connectivity index is 1.76. The van der Waals surface area contributed by atoms with Crippen molar-refractivity contribution in [1.82, 2.24) is 29.7 Å². The third-order valence-corrected chi connectivity index (χ3v) is 8.47. The summed E-state index contributed by atoms with van der Waals surface area (Å²) in [5.74, 6) is 1.03. The molecule has 3 aromatic rings. The van der Waals surface area contributed by atoms with Crippen LogP contribution in [0.5, 0.6) is 11.8 Å². The van der Waals surface area contributed by atoms with E-state index in [0.29, 0.717) is 22.2 Å². The number of aromatic nitrogens is 6. The average molecular weight is 523 g/mol. The molecular weight excluding hydrogens is 496 g/mol. The fraction of sp³-hybridized carbons (Fsp3) is 0.500. The lowest BCUT2D eigenvalue weighted by molar-refractivity contribution is 0.0987. The summed E-state index contributed by atoms with van der Waals surface area (Å²) in [5, 5.41) is 8.15. The quantitative estimate of drug-likeness (QED) is 0.391. The molecule has 1 aliphatic rings. The first-order valence-corrected chi connectivity index (χ1v) is 13.1. The maximum atomic E-state index is 13.6. The highest BCUT2D eigenvalue weighted by Gasteiger charge is 2.36. The van der Waals surface area contributed by atoms with Crippen LogP contribution in [0.2, 0.25) is 5.02 Å². The Labute approximate surface area is 208 Å². The standard InChI is InChI=1S/C22H27ClN6O5S/c1-13(19(32-2)16-9-8-15(23)10-24-16)35(30,31)11-17-27-28-20(14-6-5-7-14)29(17)18-21(33-3)25-12-26-22(18)34-4/h8-10,12-14,19H,5-7,11H2,1-4H3/t13-,19-/m1/s1. The van der Waals surface area contributed by atoms with Crippen molar-refractivity contribution in [2.45, 2.75) is 49.2 Å². The van der Waals surface area contributed by atoms with E-state index in [1.54, 1.807) is 23.6 Å². The third-order valence-electron chi connectivity index (χ3n) is 6.21. The van der Waals surface area contributed by atoms with E-state index < -0.39 is 26.9 Å². The molecule has 1 fully saturated rings. The molecule has 4 rings (SSSR count). The van der Waals surface area contributed by atoms with Crippen molar-refractivity contribution in [3.63, 3.8) is 0 Å². The Hall–Kier alpha value is -2.83. The summed E-state index contributed by atoms with van der Waals surface area (Å²) in [6, 6.07) is 3.29. The molecule has 0 aromatic carbocycles. The molecule has 0 bridgehead atoms. The molecule has 1 aliphatic carbocycles. The van der Waals surface area contributed by atoms with E-state index in [-0.39, 0.29) is 23.5 Å². The van der Waals surface area contributed by atoms with Crippen LogP contribution in [0.3, 0.4) is 0 Å². The van der Waals surface area contributed by atoms with Crippen molar-refractivity contribution in [3.05, 3.63) is 47.0 Å². The fourth-order valence-corrected chi connectivity index (χ4v) is 5.59. The average Bonchev–Trinajstić information content (AvgIpc) is 3.20. The maximum absolute atomic E-state index is 13.6. The van der Waals surface area contributed by atoms with Crippen molar-refractivity contribution < 1.29 is 22.6 Å². The molecule has 0 spiro atoms. The van der Waals surface area contributed by atoms with Gasteiger partial charge in [-0.05, 0) is 31.9 Å². The highest BCUT2D eigenvalue weighted by Crippen LogP contribution is 2.40. The van der Waals surface area contributed by atoms with Crippen LogP contribution in [0.25, 0.3) is 5.69 Å². The zero-order chi connectivity index (χ0) is 25.2. The van der Waals surface area contributed by atoms with E-state index in [2.05, 4.69) is 25.1 Å². The number of methoxy groups -OCH3 is 3.